The van der Waals surface area contributed by atoms with E-state index in [4.69, 9.17) is 10.1 Å². The summed E-state index contributed by atoms with van der Waals surface area (Å²) in [6.07, 6.45) is 2.73. The van der Waals surface area contributed by atoms with Gasteiger partial charge in [0.25, 0.3) is 0 Å². The summed E-state index contributed by atoms with van der Waals surface area (Å²) in [5.41, 5.74) is 1.89. The first-order chi connectivity index (χ1) is 12.2. The molecule has 0 amide bonds. The summed E-state index contributed by atoms with van der Waals surface area (Å²) in [5.74, 6) is 0.789. The van der Waals surface area contributed by atoms with Crippen molar-refractivity contribution in [2.75, 3.05) is 11.9 Å². The predicted molar refractivity (Wildman–Crippen MR) is 99.6 cm³/mol. The second-order valence-corrected chi connectivity index (χ2v) is 5.91. The number of halogens is 1. The minimum atomic E-state index is -0.734. The minimum absolute atomic E-state index is 0. The van der Waals surface area contributed by atoms with E-state index in [9.17, 15) is 4.79 Å². The molecule has 3 rings (SSSR count). The topological polar surface area (TPSA) is 75.1 Å². The normalized spacial score (nSPS) is 10.3. The largest absolute Gasteiger partial charge is 1.00 e. The number of nitrogens with zero attached hydrogens (tertiary/aromatic N) is 2. The lowest BCUT2D eigenvalue weighted by Crippen LogP contribution is -3.00. The highest BCUT2D eigenvalue weighted by molar-refractivity contribution is 5.90. The second kappa shape index (κ2) is 9.73. The highest BCUT2D eigenvalue weighted by Gasteiger charge is 2.08. The van der Waals surface area contributed by atoms with Gasteiger partial charge in [0.05, 0.1) is 5.52 Å². The second-order valence-electron chi connectivity index (χ2n) is 5.91. The van der Waals surface area contributed by atoms with Gasteiger partial charge in [-0.25, -0.2) is 9.97 Å². The van der Waals surface area contributed by atoms with Crippen LogP contribution in [0, 0.1) is 0 Å². The van der Waals surface area contributed by atoms with Gasteiger partial charge in [0.1, 0.15) is 5.82 Å². The number of rotatable bonds is 8. The molecule has 0 aliphatic rings. The molecule has 0 aliphatic heterocycles. The lowest BCUT2D eigenvalue weighted by atomic mass is 10.1. The van der Waals surface area contributed by atoms with Crippen molar-refractivity contribution < 1.29 is 22.3 Å². The van der Waals surface area contributed by atoms with Crippen molar-refractivity contribution in [3.63, 3.8) is 0 Å². The highest BCUT2D eigenvalue weighted by atomic mass is 35.5. The Balaban J connectivity index is 0.00000243. The fourth-order valence-electron chi connectivity index (χ4n) is 2.71. The molecule has 1 aromatic heterocycles. The van der Waals surface area contributed by atoms with E-state index in [0.29, 0.717) is 12.2 Å². The molecule has 0 aliphatic carbocycles. The number of aromatic nitrogens is 2. The molecule has 0 saturated heterocycles. The average Bonchev–Trinajstić information content (AvgIpc) is 2.64. The van der Waals surface area contributed by atoms with E-state index in [-0.39, 0.29) is 18.8 Å². The van der Waals surface area contributed by atoms with Crippen LogP contribution in [0.15, 0.2) is 54.6 Å². The van der Waals surface area contributed by atoms with E-state index in [1.165, 1.54) is 0 Å². The number of hydrogen-bond donors (Lipinski definition) is 2. The number of fused-ring (bicyclic) bond motifs is 1. The number of benzene rings is 2. The number of hydrogen-bond acceptors (Lipinski definition) is 4. The molecule has 5 nitrogen and oxygen atoms in total. The van der Waals surface area contributed by atoms with Crippen molar-refractivity contribution in [3.05, 3.63) is 54.6 Å². The number of para-hydroxylation sites is 1. The molecule has 0 atom stereocenters. The van der Waals surface area contributed by atoms with Gasteiger partial charge in [-0.05, 0) is 25.0 Å². The van der Waals surface area contributed by atoms with Crippen LogP contribution in [-0.2, 0) is 4.79 Å². The Labute approximate surface area is 158 Å². The van der Waals surface area contributed by atoms with Crippen LogP contribution in [0.3, 0.4) is 0 Å². The van der Waals surface area contributed by atoms with Crippen LogP contribution in [0.2, 0.25) is 0 Å². The third kappa shape index (κ3) is 5.17. The van der Waals surface area contributed by atoms with Crippen LogP contribution in [0.4, 0.5) is 5.82 Å². The predicted octanol–water partition coefficient (Wildman–Crippen LogP) is 1.36. The van der Waals surface area contributed by atoms with E-state index >= 15 is 0 Å². The molecule has 0 spiro atoms. The first kappa shape index (κ1) is 19.7. The Morgan fingerprint density at radius 1 is 0.923 bits per heavy atom. The summed E-state index contributed by atoms with van der Waals surface area (Å²) in [7, 11) is 0. The van der Waals surface area contributed by atoms with Gasteiger partial charge in [-0.3, -0.25) is 4.79 Å². The molecule has 26 heavy (non-hydrogen) atoms. The molecule has 6 heteroatoms. The van der Waals surface area contributed by atoms with Gasteiger partial charge >= 0.3 is 5.97 Å². The average molecular weight is 371 g/mol. The van der Waals surface area contributed by atoms with Gasteiger partial charge in [-0.2, -0.15) is 0 Å². The third-order valence-corrected chi connectivity index (χ3v) is 4.00. The summed E-state index contributed by atoms with van der Waals surface area (Å²) in [4.78, 5) is 19.9. The van der Waals surface area contributed by atoms with E-state index in [2.05, 4.69) is 10.3 Å². The van der Waals surface area contributed by atoms with Crippen molar-refractivity contribution in [2.24, 2.45) is 0 Å². The first-order valence-corrected chi connectivity index (χ1v) is 8.52. The standard InChI is InChI=1S/C20H21N3O2.ClH/c24-18(25)13-5-2-8-14-21-20-16-11-6-7-12-17(16)22-19(23-20)15-9-3-1-4-10-15;/h1,3-4,6-7,9-12H,2,5,8,13-14H2,(H,24,25)(H,21,22,23);1H/p-1. The molecule has 0 saturated carbocycles. The van der Waals surface area contributed by atoms with Crippen molar-refractivity contribution in [1.29, 1.82) is 0 Å². The zero-order chi connectivity index (χ0) is 17.5. The van der Waals surface area contributed by atoms with Gasteiger partial charge in [-0.15, -0.1) is 0 Å². The number of aliphatic carboxylic acids is 1. The number of anilines is 1. The number of carboxylic acid groups (broad SMARTS) is 1. The zero-order valence-electron chi connectivity index (χ0n) is 14.4. The summed E-state index contributed by atoms with van der Waals surface area (Å²) in [6, 6.07) is 17.9. The number of nitrogens with one attached hydrogen (secondary N) is 1. The summed E-state index contributed by atoms with van der Waals surface area (Å²) in [5, 5.41) is 13.1. The first-order valence-electron chi connectivity index (χ1n) is 8.52. The Hall–Kier alpha value is -2.66. The van der Waals surface area contributed by atoms with Crippen LogP contribution in [0.5, 0.6) is 0 Å². The molecular formula is C20H21ClN3O2-. The van der Waals surface area contributed by atoms with Crippen LogP contribution >= 0.6 is 0 Å². The molecule has 2 N–H and O–H groups in total. The van der Waals surface area contributed by atoms with Crippen LogP contribution in [-0.4, -0.2) is 27.6 Å². The Bertz CT molecular complexity index is 856. The fourth-order valence-corrected chi connectivity index (χ4v) is 2.71. The molecule has 3 aromatic rings. The van der Waals surface area contributed by atoms with Crippen LogP contribution in [0.25, 0.3) is 22.3 Å². The van der Waals surface area contributed by atoms with E-state index < -0.39 is 5.97 Å². The number of unbranched alkanes of at least 4 members (excludes halogenated alkanes) is 2. The number of carboxylic acids is 1. The Morgan fingerprint density at radius 3 is 2.42 bits per heavy atom. The summed E-state index contributed by atoms with van der Waals surface area (Å²) >= 11 is 0. The molecule has 0 bridgehead atoms. The Kier molecular flexibility index (Phi) is 7.36. The van der Waals surface area contributed by atoms with Gasteiger partial charge in [0, 0.05) is 23.9 Å². The van der Waals surface area contributed by atoms with Crippen molar-refractivity contribution in [3.8, 4) is 11.4 Å². The van der Waals surface area contributed by atoms with Gasteiger partial charge in [0.15, 0.2) is 5.82 Å². The third-order valence-electron chi connectivity index (χ3n) is 4.00. The SMILES string of the molecule is O=C(O)CCCCCNc1nc(-c2ccccc2)nc2ccccc12.[Cl-]. The molecule has 2 aromatic carbocycles. The minimum Gasteiger partial charge on any atom is -1.00 e. The van der Waals surface area contributed by atoms with Gasteiger partial charge in [0.2, 0.25) is 0 Å². The van der Waals surface area contributed by atoms with E-state index in [1.807, 2.05) is 54.6 Å². The van der Waals surface area contributed by atoms with Crippen molar-refractivity contribution in [2.45, 2.75) is 25.7 Å². The van der Waals surface area contributed by atoms with Crippen LogP contribution < -0.4 is 17.7 Å². The monoisotopic (exact) mass is 370 g/mol. The van der Waals surface area contributed by atoms with Crippen LogP contribution in [0.1, 0.15) is 25.7 Å². The maximum atomic E-state index is 10.5. The van der Waals surface area contributed by atoms with E-state index in [1.54, 1.807) is 0 Å². The fraction of sp³-hybridized carbons (Fsp3) is 0.250. The number of carbonyl (C=O) groups is 1. The van der Waals surface area contributed by atoms with Crippen molar-refractivity contribution >= 4 is 22.7 Å². The molecule has 0 fully saturated rings. The molecule has 1 heterocycles. The Morgan fingerprint density at radius 2 is 1.65 bits per heavy atom. The summed E-state index contributed by atoms with van der Waals surface area (Å²) in [6.45, 7) is 0.759. The molecule has 136 valence electrons. The van der Waals surface area contributed by atoms with Gasteiger partial charge in [-0.1, -0.05) is 48.9 Å². The zero-order valence-corrected chi connectivity index (χ0v) is 15.1. The molecular weight excluding hydrogens is 350 g/mol. The van der Waals surface area contributed by atoms with E-state index in [0.717, 1.165) is 41.7 Å². The van der Waals surface area contributed by atoms with Gasteiger partial charge < -0.3 is 22.8 Å². The molecule has 0 radical (unpaired) electrons. The maximum absolute atomic E-state index is 10.5. The maximum Gasteiger partial charge on any atom is 0.303 e. The highest BCUT2D eigenvalue weighted by Crippen LogP contribution is 2.24. The van der Waals surface area contributed by atoms with Crippen molar-refractivity contribution in [1.82, 2.24) is 9.97 Å². The summed E-state index contributed by atoms with van der Waals surface area (Å²) < 4.78 is 0. The lowest BCUT2D eigenvalue weighted by molar-refractivity contribution is -0.137. The molecule has 0 unspecified atom stereocenters. The quantitative estimate of drug-likeness (QED) is 0.585. The lowest BCUT2D eigenvalue weighted by Gasteiger charge is -2.11. The smallest absolute Gasteiger partial charge is 0.303 e.